The third kappa shape index (κ3) is 4.60. The maximum Gasteiger partial charge on any atom is 0.163 e. The van der Waals surface area contributed by atoms with Crippen LogP contribution >= 0.6 is 0 Å². The molecule has 0 spiro atoms. The SMILES string of the molecule is C[C@H]1COC(C)(C)O[C@H]1CCOCc1ccccc1. The highest BCUT2D eigenvalue weighted by Gasteiger charge is 2.33. The van der Waals surface area contributed by atoms with Crippen LogP contribution in [0.15, 0.2) is 30.3 Å². The molecular formula is C16H24O3. The van der Waals surface area contributed by atoms with Gasteiger partial charge >= 0.3 is 0 Å². The lowest BCUT2D eigenvalue weighted by Crippen LogP contribution is -2.45. The van der Waals surface area contributed by atoms with Gasteiger partial charge in [-0.05, 0) is 25.8 Å². The van der Waals surface area contributed by atoms with E-state index < -0.39 is 5.79 Å². The Labute approximate surface area is 115 Å². The minimum atomic E-state index is -0.462. The fourth-order valence-electron chi connectivity index (χ4n) is 2.26. The van der Waals surface area contributed by atoms with E-state index >= 15 is 0 Å². The summed E-state index contributed by atoms with van der Waals surface area (Å²) in [5.41, 5.74) is 1.21. The molecule has 0 aromatic heterocycles. The summed E-state index contributed by atoms with van der Waals surface area (Å²) < 4.78 is 17.3. The Kier molecular flexibility index (Phi) is 4.97. The fourth-order valence-corrected chi connectivity index (χ4v) is 2.26. The average Bonchev–Trinajstić information content (AvgIpc) is 2.40. The molecule has 3 nitrogen and oxygen atoms in total. The van der Waals surface area contributed by atoms with E-state index in [1.54, 1.807) is 0 Å². The van der Waals surface area contributed by atoms with Crippen molar-refractivity contribution < 1.29 is 14.2 Å². The second-order valence-corrected chi connectivity index (χ2v) is 5.67. The Balaban J connectivity index is 1.70. The van der Waals surface area contributed by atoms with Gasteiger partial charge in [0, 0.05) is 12.5 Å². The Morgan fingerprint density at radius 3 is 2.74 bits per heavy atom. The van der Waals surface area contributed by atoms with Gasteiger partial charge < -0.3 is 14.2 Å². The minimum Gasteiger partial charge on any atom is -0.377 e. The molecule has 2 atom stereocenters. The second kappa shape index (κ2) is 6.51. The smallest absolute Gasteiger partial charge is 0.163 e. The first-order valence-corrected chi connectivity index (χ1v) is 7.00. The molecule has 1 fully saturated rings. The number of benzene rings is 1. The summed E-state index contributed by atoms with van der Waals surface area (Å²) in [6.07, 6.45) is 1.14. The van der Waals surface area contributed by atoms with E-state index in [4.69, 9.17) is 14.2 Å². The lowest BCUT2D eigenvalue weighted by molar-refractivity contribution is -0.292. The van der Waals surface area contributed by atoms with Crippen molar-refractivity contribution in [2.24, 2.45) is 5.92 Å². The maximum atomic E-state index is 5.94. The van der Waals surface area contributed by atoms with Gasteiger partial charge in [-0.3, -0.25) is 0 Å². The van der Waals surface area contributed by atoms with Crippen molar-refractivity contribution in [3.63, 3.8) is 0 Å². The van der Waals surface area contributed by atoms with Crippen LogP contribution in [0.2, 0.25) is 0 Å². The summed E-state index contributed by atoms with van der Waals surface area (Å²) in [6, 6.07) is 10.2. The van der Waals surface area contributed by atoms with Crippen LogP contribution in [0.3, 0.4) is 0 Å². The Bertz CT molecular complexity index is 375. The molecule has 2 rings (SSSR count). The van der Waals surface area contributed by atoms with E-state index in [0.29, 0.717) is 12.5 Å². The van der Waals surface area contributed by atoms with Gasteiger partial charge in [-0.2, -0.15) is 0 Å². The minimum absolute atomic E-state index is 0.222. The van der Waals surface area contributed by atoms with Gasteiger partial charge in [-0.1, -0.05) is 37.3 Å². The largest absolute Gasteiger partial charge is 0.377 e. The third-order valence-electron chi connectivity index (χ3n) is 3.42. The van der Waals surface area contributed by atoms with Crippen molar-refractivity contribution in [1.82, 2.24) is 0 Å². The summed E-state index contributed by atoms with van der Waals surface area (Å²) in [6.45, 7) is 8.25. The van der Waals surface area contributed by atoms with Gasteiger partial charge in [0.05, 0.1) is 19.3 Å². The zero-order chi connectivity index (χ0) is 13.7. The first-order chi connectivity index (χ1) is 9.07. The van der Waals surface area contributed by atoms with E-state index in [2.05, 4.69) is 19.1 Å². The Morgan fingerprint density at radius 2 is 2.00 bits per heavy atom. The molecule has 1 aliphatic rings. The molecule has 0 aliphatic carbocycles. The lowest BCUT2D eigenvalue weighted by atomic mass is 10.0. The number of ether oxygens (including phenoxy) is 3. The normalized spacial score (nSPS) is 26.3. The van der Waals surface area contributed by atoms with Crippen LogP contribution in [0.1, 0.15) is 32.8 Å². The van der Waals surface area contributed by atoms with Crippen LogP contribution in [-0.4, -0.2) is 25.1 Å². The van der Waals surface area contributed by atoms with Gasteiger partial charge in [0.2, 0.25) is 0 Å². The highest BCUT2D eigenvalue weighted by atomic mass is 16.7. The predicted octanol–water partition coefficient (Wildman–Crippen LogP) is 3.38. The van der Waals surface area contributed by atoms with E-state index in [1.807, 2.05) is 32.0 Å². The highest BCUT2D eigenvalue weighted by Crippen LogP contribution is 2.27. The summed E-state index contributed by atoms with van der Waals surface area (Å²) in [5.74, 6) is -0.0373. The number of rotatable bonds is 5. The molecule has 0 saturated carbocycles. The Morgan fingerprint density at radius 1 is 1.26 bits per heavy atom. The van der Waals surface area contributed by atoms with Gasteiger partial charge in [-0.25, -0.2) is 0 Å². The zero-order valence-electron chi connectivity index (χ0n) is 12.1. The molecule has 19 heavy (non-hydrogen) atoms. The van der Waals surface area contributed by atoms with E-state index in [0.717, 1.165) is 19.6 Å². The predicted molar refractivity (Wildman–Crippen MR) is 74.8 cm³/mol. The molecule has 0 N–H and O–H groups in total. The number of hydrogen-bond donors (Lipinski definition) is 0. The Hall–Kier alpha value is -0.900. The van der Waals surface area contributed by atoms with Crippen molar-refractivity contribution in [2.75, 3.05) is 13.2 Å². The van der Waals surface area contributed by atoms with Crippen LogP contribution in [0.4, 0.5) is 0 Å². The molecule has 0 unspecified atom stereocenters. The maximum absolute atomic E-state index is 5.94. The highest BCUT2D eigenvalue weighted by molar-refractivity contribution is 5.13. The molecule has 0 bridgehead atoms. The summed E-state index contributed by atoms with van der Waals surface area (Å²) in [7, 11) is 0. The van der Waals surface area contributed by atoms with Gasteiger partial charge in [0.15, 0.2) is 5.79 Å². The topological polar surface area (TPSA) is 27.7 Å². The van der Waals surface area contributed by atoms with Crippen molar-refractivity contribution in [3.8, 4) is 0 Å². The molecule has 0 radical (unpaired) electrons. The van der Waals surface area contributed by atoms with Crippen molar-refractivity contribution in [3.05, 3.63) is 35.9 Å². The molecule has 1 heterocycles. The number of hydrogen-bond acceptors (Lipinski definition) is 3. The average molecular weight is 264 g/mol. The van der Waals surface area contributed by atoms with Crippen molar-refractivity contribution in [2.45, 2.75) is 45.7 Å². The second-order valence-electron chi connectivity index (χ2n) is 5.67. The summed E-state index contributed by atoms with van der Waals surface area (Å²) >= 11 is 0. The van der Waals surface area contributed by atoms with Crippen LogP contribution in [0, 0.1) is 5.92 Å². The van der Waals surface area contributed by atoms with Gasteiger partial charge in [0.1, 0.15) is 0 Å². The zero-order valence-corrected chi connectivity index (χ0v) is 12.1. The first-order valence-electron chi connectivity index (χ1n) is 7.00. The molecule has 1 saturated heterocycles. The molecule has 1 aromatic rings. The van der Waals surface area contributed by atoms with Crippen molar-refractivity contribution in [1.29, 1.82) is 0 Å². The summed E-state index contributed by atoms with van der Waals surface area (Å²) in [5, 5.41) is 0. The van der Waals surface area contributed by atoms with Crippen LogP contribution in [-0.2, 0) is 20.8 Å². The third-order valence-corrected chi connectivity index (χ3v) is 3.42. The summed E-state index contributed by atoms with van der Waals surface area (Å²) in [4.78, 5) is 0. The van der Waals surface area contributed by atoms with E-state index in [1.165, 1.54) is 5.56 Å². The standard InChI is InChI=1S/C16H24O3/c1-13-11-18-16(2,3)19-15(13)9-10-17-12-14-7-5-4-6-8-14/h4-8,13,15H,9-12H2,1-3H3/t13-,15-/m0/s1. The van der Waals surface area contributed by atoms with E-state index in [-0.39, 0.29) is 6.10 Å². The quantitative estimate of drug-likeness (QED) is 0.763. The molecule has 3 heteroatoms. The molecule has 1 aromatic carbocycles. The van der Waals surface area contributed by atoms with Gasteiger partial charge in [-0.15, -0.1) is 0 Å². The van der Waals surface area contributed by atoms with Crippen molar-refractivity contribution >= 4 is 0 Å². The van der Waals surface area contributed by atoms with Crippen LogP contribution < -0.4 is 0 Å². The van der Waals surface area contributed by atoms with Crippen LogP contribution in [0.25, 0.3) is 0 Å². The van der Waals surface area contributed by atoms with E-state index in [9.17, 15) is 0 Å². The molecule has 0 amide bonds. The van der Waals surface area contributed by atoms with Crippen LogP contribution in [0.5, 0.6) is 0 Å². The molecule has 106 valence electrons. The monoisotopic (exact) mass is 264 g/mol. The molecular weight excluding hydrogens is 240 g/mol. The lowest BCUT2D eigenvalue weighted by Gasteiger charge is -2.39. The fraction of sp³-hybridized carbons (Fsp3) is 0.625. The molecule has 1 aliphatic heterocycles. The first kappa shape index (κ1) is 14.5. The van der Waals surface area contributed by atoms with Gasteiger partial charge in [0.25, 0.3) is 0 Å².